The number of hydrogen-bond donors (Lipinski definition) is 1. The fraction of sp³-hybridized carbons (Fsp3) is 0.625. The number of nitrogens with zero attached hydrogens (tertiary/aromatic N) is 1. The van der Waals surface area contributed by atoms with Gasteiger partial charge in [0.1, 0.15) is 5.82 Å². The Morgan fingerprint density at radius 1 is 1.25 bits per heavy atom. The molecule has 3 unspecified atom stereocenters. The Balaban J connectivity index is 1.74. The molecule has 1 aliphatic carbocycles. The quantitative estimate of drug-likeness (QED) is 0.905. The number of benzene rings is 1. The molecular formula is C16H21BrFNO. The second-order valence-electron chi connectivity index (χ2n) is 6.08. The lowest BCUT2D eigenvalue weighted by Gasteiger charge is -2.31. The van der Waals surface area contributed by atoms with Crippen molar-refractivity contribution in [3.05, 3.63) is 34.1 Å². The molecule has 1 aliphatic heterocycles. The van der Waals surface area contributed by atoms with Crippen LogP contribution in [-0.2, 0) is 6.54 Å². The molecule has 3 rings (SSSR count). The van der Waals surface area contributed by atoms with E-state index in [2.05, 4.69) is 20.8 Å². The molecule has 1 saturated heterocycles. The van der Waals surface area contributed by atoms with Crippen molar-refractivity contribution in [2.45, 2.75) is 50.8 Å². The minimum atomic E-state index is -0.159. The minimum absolute atomic E-state index is 0.133. The molecule has 0 spiro atoms. The van der Waals surface area contributed by atoms with Crippen LogP contribution in [-0.4, -0.2) is 28.7 Å². The Hall–Kier alpha value is -0.450. The van der Waals surface area contributed by atoms with Gasteiger partial charge in [-0.05, 0) is 50.4 Å². The molecule has 2 nitrogen and oxygen atoms in total. The molecule has 3 atom stereocenters. The molecular weight excluding hydrogens is 321 g/mol. The number of rotatable bonds is 3. The van der Waals surface area contributed by atoms with E-state index in [1.807, 2.05) is 6.07 Å². The van der Waals surface area contributed by atoms with E-state index < -0.39 is 0 Å². The average molecular weight is 342 g/mol. The number of likely N-dealkylation sites (tertiary alicyclic amines) is 1. The van der Waals surface area contributed by atoms with Crippen LogP contribution >= 0.6 is 15.9 Å². The van der Waals surface area contributed by atoms with Crippen molar-refractivity contribution in [1.82, 2.24) is 4.90 Å². The molecule has 4 heteroatoms. The topological polar surface area (TPSA) is 23.5 Å². The van der Waals surface area contributed by atoms with Gasteiger partial charge in [-0.3, -0.25) is 4.90 Å². The van der Waals surface area contributed by atoms with Gasteiger partial charge in [-0.2, -0.15) is 0 Å². The van der Waals surface area contributed by atoms with Crippen LogP contribution in [0.3, 0.4) is 0 Å². The smallest absolute Gasteiger partial charge is 0.127 e. The number of aliphatic hydroxyl groups is 1. The Morgan fingerprint density at radius 3 is 2.85 bits per heavy atom. The van der Waals surface area contributed by atoms with Crippen molar-refractivity contribution >= 4 is 15.9 Å². The molecule has 1 saturated carbocycles. The normalized spacial score (nSPS) is 31.1. The fourth-order valence-electron chi connectivity index (χ4n) is 3.83. The van der Waals surface area contributed by atoms with Crippen LogP contribution in [0.25, 0.3) is 0 Å². The Bertz CT molecular complexity index is 482. The molecule has 110 valence electrons. The maximum Gasteiger partial charge on any atom is 0.127 e. The summed E-state index contributed by atoms with van der Waals surface area (Å²) in [5, 5.41) is 10.1. The zero-order valence-electron chi connectivity index (χ0n) is 11.6. The van der Waals surface area contributed by atoms with E-state index in [4.69, 9.17) is 0 Å². The second-order valence-corrected chi connectivity index (χ2v) is 6.99. The summed E-state index contributed by atoms with van der Waals surface area (Å²) >= 11 is 3.41. The standard InChI is InChI=1S/C16H21BrFNO/c17-12-6-7-14(18)11(9-12)10-19-8-2-4-15(19)13-3-1-5-16(13)20/h6-7,9,13,15-16,20H,1-5,8,10H2. The van der Waals surface area contributed by atoms with E-state index in [0.717, 1.165) is 48.7 Å². The van der Waals surface area contributed by atoms with Crippen molar-refractivity contribution in [1.29, 1.82) is 0 Å². The summed E-state index contributed by atoms with van der Waals surface area (Å²) in [7, 11) is 0. The van der Waals surface area contributed by atoms with Crippen LogP contribution in [0.2, 0.25) is 0 Å². The molecule has 0 radical (unpaired) electrons. The van der Waals surface area contributed by atoms with E-state index in [0.29, 0.717) is 18.5 Å². The van der Waals surface area contributed by atoms with Gasteiger partial charge in [0.05, 0.1) is 6.10 Å². The molecule has 1 aromatic rings. The maximum absolute atomic E-state index is 13.9. The summed E-state index contributed by atoms with van der Waals surface area (Å²) in [5.41, 5.74) is 0.749. The van der Waals surface area contributed by atoms with Gasteiger partial charge in [0.15, 0.2) is 0 Å². The first kappa shape index (κ1) is 14.5. The monoisotopic (exact) mass is 341 g/mol. The van der Waals surface area contributed by atoms with Crippen molar-refractivity contribution in [3.8, 4) is 0 Å². The van der Waals surface area contributed by atoms with Gasteiger partial charge in [-0.1, -0.05) is 22.4 Å². The minimum Gasteiger partial charge on any atom is -0.393 e. The third-order valence-electron chi connectivity index (χ3n) is 4.82. The van der Waals surface area contributed by atoms with E-state index in [9.17, 15) is 9.50 Å². The highest BCUT2D eigenvalue weighted by molar-refractivity contribution is 9.10. The first-order valence-electron chi connectivity index (χ1n) is 7.51. The first-order chi connectivity index (χ1) is 9.65. The van der Waals surface area contributed by atoms with Crippen molar-refractivity contribution in [2.75, 3.05) is 6.54 Å². The lowest BCUT2D eigenvalue weighted by molar-refractivity contribution is 0.0715. The van der Waals surface area contributed by atoms with Crippen LogP contribution in [0, 0.1) is 11.7 Å². The average Bonchev–Trinajstić information content (AvgIpc) is 3.02. The molecule has 2 aliphatic rings. The van der Waals surface area contributed by atoms with Gasteiger partial charge in [0.25, 0.3) is 0 Å². The molecule has 2 fully saturated rings. The van der Waals surface area contributed by atoms with Gasteiger partial charge in [-0.25, -0.2) is 4.39 Å². The van der Waals surface area contributed by atoms with Crippen molar-refractivity contribution in [3.63, 3.8) is 0 Å². The fourth-order valence-corrected chi connectivity index (χ4v) is 4.24. The van der Waals surface area contributed by atoms with E-state index in [-0.39, 0.29) is 11.9 Å². The van der Waals surface area contributed by atoms with Gasteiger partial charge >= 0.3 is 0 Å². The lowest BCUT2D eigenvalue weighted by atomic mass is 9.94. The molecule has 20 heavy (non-hydrogen) atoms. The molecule has 1 N–H and O–H groups in total. The summed E-state index contributed by atoms with van der Waals surface area (Å²) in [5.74, 6) is 0.249. The van der Waals surface area contributed by atoms with E-state index in [1.54, 1.807) is 6.07 Å². The van der Waals surface area contributed by atoms with Crippen LogP contribution in [0.4, 0.5) is 4.39 Å². The highest BCUT2D eigenvalue weighted by atomic mass is 79.9. The van der Waals surface area contributed by atoms with E-state index in [1.165, 1.54) is 6.07 Å². The van der Waals surface area contributed by atoms with Crippen molar-refractivity contribution in [2.24, 2.45) is 5.92 Å². The van der Waals surface area contributed by atoms with Gasteiger partial charge in [-0.15, -0.1) is 0 Å². The van der Waals surface area contributed by atoms with Gasteiger partial charge in [0.2, 0.25) is 0 Å². The summed E-state index contributed by atoms with van der Waals surface area (Å²) in [6.45, 7) is 1.67. The second kappa shape index (κ2) is 6.12. The third-order valence-corrected chi connectivity index (χ3v) is 5.31. The van der Waals surface area contributed by atoms with Gasteiger partial charge in [0, 0.05) is 28.5 Å². The molecule has 0 bridgehead atoms. The lowest BCUT2D eigenvalue weighted by Crippen LogP contribution is -2.38. The summed E-state index contributed by atoms with van der Waals surface area (Å²) in [6, 6.07) is 5.55. The van der Waals surface area contributed by atoms with Crippen molar-refractivity contribution < 1.29 is 9.50 Å². The number of halogens is 2. The Kier molecular flexibility index (Phi) is 4.43. The first-order valence-corrected chi connectivity index (χ1v) is 8.30. The molecule has 0 aromatic heterocycles. The summed E-state index contributed by atoms with van der Waals surface area (Å²) in [6.07, 6.45) is 5.30. The largest absolute Gasteiger partial charge is 0.393 e. The Labute approximate surface area is 128 Å². The van der Waals surface area contributed by atoms with Crippen LogP contribution in [0.15, 0.2) is 22.7 Å². The Morgan fingerprint density at radius 2 is 2.10 bits per heavy atom. The van der Waals surface area contributed by atoms with Crippen LogP contribution in [0.1, 0.15) is 37.7 Å². The molecule has 1 heterocycles. The molecule has 1 aromatic carbocycles. The number of hydrogen-bond acceptors (Lipinski definition) is 2. The van der Waals surface area contributed by atoms with E-state index >= 15 is 0 Å². The number of aliphatic hydroxyl groups excluding tert-OH is 1. The summed E-state index contributed by atoms with van der Waals surface area (Å²) < 4.78 is 14.8. The zero-order valence-corrected chi connectivity index (χ0v) is 13.2. The third kappa shape index (κ3) is 2.92. The SMILES string of the molecule is OC1CCCC1C1CCCN1Cc1cc(Br)ccc1F. The van der Waals surface area contributed by atoms with Gasteiger partial charge < -0.3 is 5.11 Å². The predicted molar refractivity (Wildman–Crippen MR) is 80.9 cm³/mol. The highest BCUT2D eigenvalue weighted by Gasteiger charge is 2.38. The van der Waals surface area contributed by atoms with Crippen LogP contribution < -0.4 is 0 Å². The highest BCUT2D eigenvalue weighted by Crippen LogP contribution is 2.36. The summed E-state index contributed by atoms with van der Waals surface area (Å²) in [4.78, 5) is 2.37. The zero-order chi connectivity index (χ0) is 14.1. The molecule has 0 amide bonds. The van der Waals surface area contributed by atoms with Crippen LogP contribution in [0.5, 0.6) is 0 Å². The maximum atomic E-state index is 13.9. The predicted octanol–water partition coefficient (Wildman–Crippen LogP) is 3.71.